The number of hydrogen-bond donors (Lipinski definition) is 0. The third-order valence-corrected chi connectivity index (χ3v) is 4.02. The minimum atomic E-state index is 0.0738. The van der Waals surface area contributed by atoms with Crippen molar-refractivity contribution < 1.29 is 4.74 Å². The third-order valence-electron chi connectivity index (χ3n) is 3.18. The largest absolute Gasteiger partial charge is 0.379 e. The summed E-state index contributed by atoms with van der Waals surface area (Å²) < 4.78 is 5.41. The molecule has 0 radical (unpaired) electrons. The summed E-state index contributed by atoms with van der Waals surface area (Å²) in [6.45, 7) is 4.35. The summed E-state index contributed by atoms with van der Waals surface area (Å²) in [5.41, 5.74) is 0.0738. The molecule has 0 aromatic rings. The van der Waals surface area contributed by atoms with Crippen molar-refractivity contribution in [3.05, 3.63) is 0 Å². The van der Waals surface area contributed by atoms with Crippen molar-refractivity contribution in [1.82, 2.24) is 0 Å². The van der Waals surface area contributed by atoms with Gasteiger partial charge in [-0.25, -0.2) is 0 Å². The van der Waals surface area contributed by atoms with Gasteiger partial charge in [0.25, 0.3) is 0 Å². The first-order chi connectivity index (χ1) is 6.03. The van der Waals surface area contributed by atoms with Crippen LogP contribution >= 0.6 is 15.9 Å². The van der Waals surface area contributed by atoms with Crippen LogP contribution in [-0.2, 0) is 4.74 Å². The van der Waals surface area contributed by atoms with Crippen molar-refractivity contribution in [2.24, 2.45) is 5.92 Å². The Morgan fingerprint density at radius 3 is 2.54 bits per heavy atom. The minimum absolute atomic E-state index is 0.0738. The van der Waals surface area contributed by atoms with E-state index in [1.165, 1.54) is 32.1 Å². The first kappa shape index (κ1) is 11.5. The highest BCUT2D eigenvalue weighted by molar-refractivity contribution is 9.09. The molecule has 0 aromatic heterocycles. The zero-order valence-corrected chi connectivity index (χ0v) is 10.6. The average Bonchev–Trinajstić information content (AvgIpc) is 2.48. The van der Waals surface area contributed by atoms with E-state index >= 15 is 0 Å². The SMILES string of the molecule is COC(C)(C)CCC1CCC(Br)C1. The van der Waals surface area contributed by atoms with Crippen LogP contribution in [0.3, 0.4) is 0 Å². The maximum Gasteiger partial charge on any atom is 0.0622 e. The second kappa shape index (κ2) is 4.79. The molecule has 0 amide bonds. The van der Waals surface area contributed by atoms with Crippen molar-refractivity contribution in [3.63, 3.8) is 0 Å². The van der Waals surface area contributed by atoms with Crippen LogP contribution in [0.5, 0.6) is 0 Å². The van der Waals surface area contributed by atoms with E-state index in [0.717, 1.165) is 10.7 Å². The standard InChI is InChI=1S/C11H21BrO/c1-11(2,13-3)7-6-9-4-5-10(12)8-9/h9-10H,4-8H2,1-3H3. The summed E-state index contributed by atoms with van der Waals surface area (Å²) in [5.74, 6) is 0.929. The van der Waals surface area contributed by atoms with Crippen LogP contribution < -0.4 is 0 Å². The van der Waals surface area contributed by atoms with E-state index in [2.05, 4.69) is 29.8 Å². The average molecular weight is 249 g/mol. The van der Waals surface area contributed by atoms with Crippen LogP contribution in [0, 0.1) is 5.92 Å². The van der Waals surface area contributed by atoms with E-state index in [1.54, 1.807) is 0 Å². The Balaban J connectivity index is 2.19. The number of ether oxygens (including phenoxy) is 1. The van der Waals surface area contributed by atoms with E-state index in [9.17, 15) is 0 Å². The molecule has 1 aliphatic rings. The van der Waals surface area contributed by atoms with Crippen LogP contribution in [0.1, 0.15) is 46.0 Å². The highest BCUT2D eigenvalue weighted by Crippen LogP contribution is 2.35. The smallest absolute Gasteiger partial charge is 0.0622 e. The zero-order chi connectivity index (χ0) is 9.90. The van der Waals surface area contributed by atoms with Gasteiger partial charge in [-0.1, -0.05) is 15.9 Å². The van der Waals surface area contributed by atoms with Crippen molar-refractivity contribution in [2.75, 3.05) is 7.11 Å². The highest BCUT2D eigenvalue weighted by Gasteiger charge is 2.25. The molecule has 2 heteroatoms. The maximum atomic E-state index is 5.41. The number of halogens is 1. The fraction of sp³-hybridized carbons (Fsp3) is 1.00. The van der Waals surface area contributed by atoms with Gasteiger partial charge in [0.2, 0.25) is 0 Å². The summed E-state index contributed by atoms with van der Waals surface area (Å²) in [5, 5.41) is 0. The molecule has 1 nitrogen and oxygen atoms in total. The van der Waals surface area contributed by atoms with Gasteiger partial charge in [0.05, 0.1) is 5.60 Å². The quantitative estimate of drug-likeness (QED) is 0.689. The van der Waals surface area contributed by atoms with Crippen LogP contribution in [0.4, 0.5) is 0 Å². The van der Waals surface area contributed by atoms with Gasteiger partial charge < -0.3 is 4.74 Å². The number of alkyl halides is 1. The van der Waals surface area contributed by atoms with Crippen LogP contribution in [-0.4, -0.2) is 17.5 Å². The second-order valence-corrected chi connectivity index (χ2v) is 6.07. The predicted octanol–water partition coefficient (Wildman–Crippen LogP) is 3.76. The monoisotopic (exact) mass is 248 g/mol. The fourth-order valence-electron chi connectivity index (χ4n) is 1.93. The lowest BCUT2D eigenvalue weighted by molar-refractivity contribution is 0.0105. The zero-order valence-electron chi connectivity index (χ0n) is 8.98. The molecule has 0 aliphatic heterocycles. The van der Waals surface area contributed by atoms with Gasteiger partial charge in [-0.05, 0) is 51.9 Å². The lowest BCUT2D eigenvalue weighted by Gasteiger charge is -2.24. The molecule has 0 aromatic carbocycles. The van der Waals surface area contributed by atoms with Gasteiger partial charge in [-0.15, -0.1) is 0 Å². The third kappa shape index (κ3) is 3.99. The molecule has 1 fully saturated rings. The Morgan fingerprint density at radius 1 is 1.38 bits per heavy atom. The molecule has 2 unspecified atom stereocenters. The first-order valence-electron chi connectivity index (χ1n) is 5.23. The molecule has 0 saturated heterocycles. The van der Waals surface area contributed by atoms with Gasteiger partial charge >= 0.3 is 0 Å². The van der Waals surface area contributed by atoms with E-state index in [0.29, 0.717) is 0 Å². The minimum Gasteiger partial charge on any atom is -0.379 e. The van der Waals surface area contributed by atoms with E-state index in [1.807, 2.05) is 7.11 Å². The van der Waals surface area contributed by atoms with E-state index in [-0.39, 0.29) is 5.60 Å². The lowest BCUT2D eigenvalue weighted by atomic mass is 9.94. The Bertz CT molecular complexity index is 156. The fourth-order valence-corrected chi connectivity index (χ4v) is 2.72. The van der Waals surface area contributed by atoms with Gasteiger partial charge in [-0.2, -0.15) is 0 Å². The van der Waals surface area contributed by atoms with Gasteiger partial charge in [-0.3, -0.25) is 0 Å². The molecule has 0 N–H and O–H groups in total. The Hall–Kier alpha value is 0.440. The van der Waals surface area contributed by atoms with E-state index < -0.39 is 0 Å². The summed E-state index contributed by atoms with van der Waals surface area (Å²) in [6, 6.07) is 0. The Kier molecular flexibility index (Phi) is 4.24. The molecule has 1 aliphatic carbocycles. The van der Waals surface area contributed by atoms with Gasteiger partial charge in [0.1, 0.15) is 0 Å². The van der Waals surface area contributed by atoms with Gasteiger partial charge in [0.15, 0.2) is 0 Å². The van der Waals surface area contributed by atoms with Crippen molar-refractivity contribution in [3.8, 4) is 0 Å². The summed E-state index contributed by atoms with van der Waals surface area (Å²) in [6.07, 6.45) is 6.63. The molecule has 0 heterocycles. The molecular formula is C11H21BrO. The van der Waals surface area contributed by atoms with Crippen molar-refractivity contribution >= 4 is 15.9 Å². The number of hydrogen-bond acceptors (Lipinski definition) is 1. The molecule has 0 bridgehead atoms. The maximum absolute atomic E-state index is 5.41. The molecule has 13 heavy (non-hydrogen) atoms. The Labute approximate surface area is 90.4 Å². The van der Waals surface area contributed by atoms with Crippen molar-refractivity contribution in [1.29, 1.82) is 0 Å². The second-order valence-electron chi connectivity index (χ2n) is 4.78. The summed E-state index contributed by atoms with van der Waals surface area (Å²) >= 11 is 3.68. The molecule has 1 rings (SSSR count). The normalized spacial score (nSPS) is 29.5. The van der Waals surface area contributed by atoms with Crippen LogP contribution in [0.15, 0.2) is 0 Å². The van der Waals surface area contributed by atoms with Crippen LogP contribution in [0.2, 0.25) is 0 Å². The molecule has 78 valence electrons. The van der Waals surface area contributed by atoms with Gasteiger partial charge in [0, 0.05) is 11.9 Å². The van der Waals surface area contributed by atoms with Crippen LogP contribution in [0.25, 0.3) is 0 Å². The molecular weight excluding hydrogens is 228 g/mol. The first-order valence-corrected chi connectivity index (χ1v) is 6.14. The summed E-state index contributed by atoms with van der Waals surface area (Å²) in [7, 11) is 1.81. The Morgan fingerprint density at radius 2 is 2.08 bits per heavy atom. The highest BCUT2D eigenvalue weighted by atomic mass is 79.9. The topological polar surface area (TPSA) is 9.23 Å². The summed E-state index contributed by atoms with van der Waals surface area (Å²) in [4.78, 5) is 0.781. The number of rotatable bonds is 4. The number of methoxy groups -OCH3 is 1. The van der Waals surface area contributed by atoms with E-state index in [4.69, 9.17) is 4.74 Å². The van der Waals surface area contributed by atoms with Crippen molar-refractivity contribution in [2.45, 2.75) is 56.4 Å². The molecule has 1 saturated carbocycles. The molecule has 2 atom stereocenters. The predicted molar refractivity (Wildman–Crippen MR) is 60.4 cm³/mol. The lowest BCUT2D eigenvalue weighted by Crippen LogP contribution is -2.23. The molecule has 0 spiro atoms.